The van der Waals surface area contributed by atoms with E-state index in [2.05, 4.69) is 48.5 Å². The molecule has 0 fully saturated rings. The number of phosphoric ester groups is 2. The van der Waals surface area contributed by atoms with Crippen LogP contribution in [0.15, 0.2) is 0 Å². The minimum atomic E-state index is -4.95. The van der Waals surface area contributed by atoms with Gasteiger partial charge < -0.3 is 33.8 Å². The van der Waals surface area contributed by atoms with Crippen LogP contribution >= 0.6 is 15.6 Å². The largest absolute Gasteiger partial charge is 0.472 e. The standard InChI is InChI=1S/C69H134O17P2/c1-8-9-10-33-43-50-66(71)79-56-64(85-69(74)53-46-39-32-26-20-23-29-36-42-49-62(6)7)58-83-87(75,76)81-54-63(70)55-82-88(77,78)84-59-65(57-80-67(72)51-44-37-30-24-19-15-17-22-28-35-41-48-61(4)5)86-68(73)52-45-38-31-25-18-14-12-11-13-16-21-27-34-40-47-60(2)3/h60-65,70H,8-59H2,1-7H3,(H,75,76)(H,77,78)/t63-,64+,65+/m0/s1. The van der Waals surface area contributed by atoms with E-state index in [1.54, 1.807) is 0 Å². The molecule has 0 aromatic rings. The Hall–Kier alpha value is -1.94. The summed E-state index contributed by atoms with van der Waals surface area (Å²) in [4.78, 5) is 72.2. The van der Waals surface area contributed by atoms with Gasteiger partial charge in [-0.25, -0.2) is 9.13 Å². The molecule has 0 saturated carbocycles. The maximum Gasteiger partial charge on any atom is 0.472 e. The summed E-state index contributed by atoms with van der Waals surface area (Å²) in [5.41, 5.74) is 0. The summed E-state index contributed by atoms with van der Waals surface area (Å²) >= 11 is 0. The second-order valence-electron chi connectivity index (χ2n) is 26.3. The van der Waals surface area contributed by atoms with E-state index in [9.17, 15) is 43.2 Å². The van der Waals surface area contributed by atoms with Crippen molar-refractivity contribution in [3.63, 3.8) is 0 Å². The summed E-state index contributed by atoms with van der Waals surface area (Å²) in [6, 6.07) is 0. The SMILES string of the molecule is CCCCCCCC(=O)OC[C@H](COP(=O)(O)OC[C@H](O)COP(=O)(O)OC[C@@H](COC(=O)CCCCCCCCCCCCCC(C)C)OC(=O)CCCCCCCCCCCCCCCCC(C)C)OC(=O)CCCCCCCCCCCC(C)C. The van der Waals surface area contributed by atoms with Crippen LogP contribution < -0.4 is 0 Å². The molecule has 0 saturated heterocycles. The quantitative estimate of drug-likeness (QED) is 0.0222. The third kappa shape index (κ3) is 62.8. The lowest BCUT2D eigenvalue weighted by Crippen LogP contribution is -2.30. The van der Waals surface area contributed by atoms with Crippen molar-refractivity contribution in [1.29, 1.82) is 0 Å². The molecular formula is C69H134O17P2. The van der Waals surface area contributed by atoms with Crippen molar-refractivity contribution in [3.8, 4) is 0 Å². The number of aliphatic hydroxyl groups is 1. The van der Waals surface area contributed by atoms with Crippen molar-refractivity contribution in [1.82, 2.24) is 0 Å². The number of rotatable bonds is 67. The smallest absolute Gasteiger partial charge is 0.462 e. The molecule has 19 heteroatoms. The predicted molar refractivity (Wildman–Crippen MR) is 354 cm³/mol. The second-order valence-corrected chi connectivity index (χ2v) is 29.3. The summed E-state index contributed by atoms with van der Waals surface area (Å²) in [6.07, 6.45) is 43.4. The molecule has 0 amide bonds. The lowest BCUT2D eigenvalue weighted by Gasteiger charge is -2.21. The van der Waals surface area contributed by atoms with Crippen LogP contribution in [0.3, 0.4) is 0 Å². The molecular weight excluding hydrogens is 1160 g/mol. The van der Waals surface area contributed by atoms with Crippen molar-refractivity contribution < 1.29 is 80.2 Å². The number of aliphatic hydroxyl groups excluding tert-OH is 1. The lowest BCUT2D eigenvalue weighted by atomic mass is 10.0. The zero-order valence-corrected chi connectivity index (χ0v) is 59.0. The van der Waals surface area contributed by atoms with Gasteiger partial charge in [-0.1, -0.05) is 292 Å². The van der Waals surface area contributed by atoms with Crippen LogP contribution in [0, 0.1) is 17.8 Å². The number of esters is 4. The first-order valence-corrected chi connectivity index (χ1v) is 38.8. The molecule has 3 N–H and O–H groups in total. The lowest BCUT2D eigenvalue weighted by molar-refractivity contribution is -0.161. The zero-order chi connectivity index (χ0) is 65.2. The Morgan fingerprint density at radius 3 is 0.773 bits per heavy atom. The summed E-state index contributed by atoms with van der Waals surface area (Å²) in [5.74, 6) is 0.164. The molecule has 5 atom stereocenters. The van der Waals surface area contributed by atoms with E-state index in [0.717, 1.165) is 114 Å². The van der Waals surface area contributed by atoms with Gasteiger partial charge in [0.25, 0.3) is 0 Å². The molecule has 0 heterocycles. The van der Waals surface area contributed by atoms with Crippen molar-refractivity contribution in [2.24, 2.45) is 17.8 Å². The number of phosphoric acid groups is 2. The summed E-state index contributed by atoms with van der Waals surface area (Å²) in [7, 11) is -9.89. The molecule has 0 bridgehead atoms. The van der Waals surface area contributed by atoms with E-state index in [1.807, 2.05) is 0 Å². The fourth-order valence-corrected chi connectivity index (χ4v) is 11.9. The van der Waals surface area contributed by atoms with Gasteiger partial charge in [-0.2, -0.15) is 0 Å². The Morgan fingerprint density at radius 2 is 0.523 bits per heavy atom. The van der Waals surface area contributed by atoms with E-state index in [1.165, 1.54) is 148 Å². The number of unbranched alkanes of at least 4 members (excludes halogenated alkanes) is 35. The Balaban J connectivity index is 5.17. The van der Waals surface area contributed by atoms with E-state index in [4.69, 9.17) is 37.0 Å². The number of carbonyl (C=O) groups is 4. The Kier molecular flexibility index (Phi) is 58.7. The minimum absolute atomic E-state index is 0.104. The first-order chi connectivity index (χ1) is 42.2. The molecule has 0 rings (SSSR count). The summed E-state index contributed by atoms with van der Waals surface area (Å²) < 4.78 is 68.0. The highest BCUT2D eigenvalue weighted by Crippen LogP contribution is 2.45. The zero-order valence-electron chi connectivity index (χ0n) is 57.2. The van der Waals surface area contributed by atoms with Crippen LogP contribution in [-0.2, 0) is 65.4 Å². The Labute approximate surface area is 537 Å². The topological polar surface area (TPSA) is 237 Å². The molecule has 17 nitrogen and oxygen atoms in total. The molecule has 522 valence electrons. The van der Waals surface area contributed by atoms with Crippen LogP contribution in [0.25, 0.3) is 0 Å². The first kappa shape index (κ1) is 86.1. The fraction of sp³-hybridized carbons (Fsp3) is 0.942. The maximum absolute atomic E-state index is 13.0. The highest BCUT2D eigenvalue weighted by molar-refractivity contribution is 7.47. The minimum Gasteiger partial charge on any atom is -0.462 e. The Bertz CT molecular complexity index is 1730. The van der Waals surface area contributed by atoms with Gasteiger partial charge in [0.05, 0.1) is 26.4 Å². The van der Waals surface area contributed by atoms with Crippen molar-refractivity contribution in [3.05, 3.63) is 0 Å². The molecule has 2 unspecified atom stereocenters. The van der Waals surface area contributed by atoms with Crippen LogP contribution in [-0.4, -0.2) is 96.7 Å². The number of hydrogen-bond donors (Lipinski definition) is 3. The normalized spacial score (nSPS) is 14.2. The third-order valence-electron chi connectivity index (χ3n) is 15.9. The summed E-state index contributed by atoms with van der Waals surface area (Å²) in [6.45, 7) is 11.8. The average molecular weight is 1300 g/mol. The van der Waals surface area contributed by atoms with Crippen LogP contribution in [0.5, 0.6) is 0 Å². The van der Waals surface area contributed by atoms with Gasteiger partial charge in [-0.3, -0.25) is 37.3 Å². The molecule has 0 spiro atoms. The van der Waals surface area contributed by atoms with Crippen molar-refractivity contribution >= 4 is 39.5 Å². The van der Waals surface area contributed by atoms with E-state index < -0.39 is 97.5 Å². The van der Waals surface area contributed by atoms with Gasteiger partial charge in [0, 0.05) is 25.7 Å². The average Bonchev–Trinajstić information content (AvgIpc) is 3.68. The van der Waals surface area contributed by atoms with Gasteiger partial charge in [0.2, 0.25) is 0 Å². The molecule has 0 radical (unpaired) electrons. The van der Waals surface area contributed by atoms with E-state index in [-0.39, 0.29) is 25.7 Å². The molecule has 88 heavy (non-hydrogen) atoms. The van der Waals surface area contributed by atoms with Crippen LogP contribution in [0.1, 0.15) is 344 Å². The monoisotopic (exact) mass is 1300 g/mol. The van der Waals surface area contributed by atoms with Crippen LogP contribution in [0.2, 0.25) is 0 Å². The molecule has 0 aliphatic rings. The predicted octanol–water partition coefficient (Wildman–Crippen LogP) is 19.5. The third-order valence-corrected chi connectivity index (χ3v) is 17.8. The fourth-order valence-electron chi connectivity index (χ4n) is 10.4. The first-order valence-electron chi connectivity index (χ1n) is 35.8. The molecule has 0 aliphatic carbocycles. The second kappa shape index (κ2) is 60.0. The Morgan fingerprint density at radius 1 is 0.307 bits per heavy atom. The molecule has 0 aromatic heterocycles. The van der Waals surface area contributed by atoms with E-state index in [0.29, 0.717) is 25.7 Å². The molecule has 0 aliphatic heterocycles. The summed E-state index contributed by atoms with van der Waals surface area (Å²) in [5, 5.41) is 10.6. The van der Waals surface area contributed by atoms with Gasteiger partial charge in [0.15, 0.2) is 12.2 Å². The highest BCUT2D eigenvalue weighted by Gasteiger charge is 2.30. The number of ether oxygens (including phenoxy) is 4. The van der Waals surface area contributed by atoms with Gasteiger partial charge in [-0.15, -0.1) is 0 Å². The van der Waals surface area contributed by atoms with Gasteiger partial charge in [0.1, 0.15) is 19.3 Å². The number of carbonyl (C=O) groups excluding carboxylic acids is 4. The maximum atomic E-state index is 13.0. The highest BCUT2D eigenvalue weighted by atomic mass is 31.2. The van der Waals surface area contributed by atoms with Gasteiger partial charge >= 0.3 is 39.5 Å². The molecule has 0 aromatic carbocycles. The van der Waals surface area contributed by atoms with Crippen LogP contribution in [0.4, 0.5) is 0 Å². The number of hydrogen-bond acceptors (Lipinski definition) is 15. The van der Waals surface area contributed by atoms with Crippen molar-refractivity contribution in [2.75, 3.05) is 39.6 Å². The van der Waals surface area contributed by atoms with E-state index >= 15 is 0 Å². The van der Waals surface area contributed by atoms with Crippen molar-refractivity contribution in [2.45, 2.75) is 362 Å². The van der Waals surface area contributed by atoms with Gasteiger partial charge in [-0.05, 0) is 43.4 Å².